The second-order valence-electron chi connectivity index (χ2n) is 4.16. The molecule has 0 aliphatic rings. The summed E-state index contributed by atoms with van der Waals surface area (Å²) in [4.78, 5) is 11.3. The minimum absolute atomic E-state index is 0.0389. The van der Waals surface area contributed by atoms with Crippen molar-refractivity contribution in [1.82, 2.24) is 0 Å². The van der Waals surface area contributed by atoms with E-state index in [1.165, 1.54) is 0 Å². The molecule has 1 atom stereocenters. The Morgan fingerprint density at radius 1 is 1.12 bits per heavy atom. The fraction of sp³-hybridized carbons (Fsp3) is 0.786. The van der Waals surface area contributed by atoms with Crippen molar-refractivity contribution in [2.24, 2.45) is 0 Å². The Balaban J connectivity index is 3.66. The quantitative estimate of drug-likeness (QED) is 0.391. The maximum absolute atomic E-state index is 11.3. The Labute approximate surface area is 99.4 Å². The van der Waals surface area contributed by atoms with E-state index in [9.17, 15) is 9.90 Å². The lowest BCUT2D eigenvalue weighted by molar-refractivity contribution is -0.113. The van der Waals surface area contributed by atoms with Crippen molar-refractivity contribution in [3.8, 4) is 11.8 Å². The Morgan fingerprint density at radius 2 is 1.75 bits per heavy atom. The van der Waals surface area contributed by atoms with Gasteiger partial charge < -0.3 is 5.11 Å². The molecule has 0 aromatic heterocycles. The first-order valence-electron chi connectivity index (χ1n) is 6.43. The molecule has 0 aliphatic carbocycles. The van der Waals surface area contributed by atoms with Gasteiger partial charge in [0.1, 0.15) is 6.10 Å². The highest BCUT2D eigenvalue weighted by molar-refractivity contribution is 5.95. The summed E-state index contributed by atoms with van der Waals surface area (Å²) in [7, 11) is 0. The van der Waals surface area contributed by atoms with Crippen molar-refractivity contribution >= 4 is 5.78 Å². The maximum Gasteiger partial charge on any atom is 0.205 e. The summed E-state index contributed by atoms with van der Waals surface area (Å²) in [5.41, 5.74) is 0. The fourth-order valence-electron chi connectivity index (χ4n) is 1.42. The van der Waals surface area contributed by atoms with Gasteiger partial charge >= 0.3 is 0 Å². The van der Waals surface area contributed by atoms with Crippen LogP contribution in [0.4, 0.5) is 0 Å². The van der Waals surface area contributed by atoms with Crippen molar-refractivity contribution in [3.63, 3.8) is 0 Å². The summed E-state index contributed by atoms with van der Waals surface area (Å²) in [5, 5.41) is 9.47. The highest BCUT2D eigenvalue weighted by Crippen LogP contribution is 2.02. The number of ketones is 1. The van der Waals surface area contributed by atoms with Gasteiger partial charge in [0.05, 0.1) is 0 Å². The predicted molar refractivity (Wildman–Crippen MR) is 67.1 cm³/mol. The van der Waals surface area contributed by atoms with Crippen molar-refractivity contribution in [2.75, 3.05) is 0 Å². The van der Waals surface area contributed by atoms with E-state index < -0.39 is 6.10 Å². The SMILES string of the molecule is CCCCCC(=O)C#CC(O)CCCCC. The van der Waals surface area contributed by atoms with E-state index in [0.717, 1.165) is 38.5 Å². The lowest BCUT2D eigenvalue weighted by Crippen LogP contribution is -2.03. The summed E-state index contributed by atoms with van der Waals surface area (Å²) in [6, 6.07) is 0. The highest BCUT2D eigenvalue weighted by Gasteiger charge is 2.00. The molecule has 0 saturated heterocycles. The standard InChI is InChI=1S/C14H24O2/c1-3-5-7-9-13(15)11-12-14(16)10-8-6-4-2/h13,15H,3-10H2,1-2H3. The second-order valence-corrected chi connectivity index (χ2v) is 4.16. The van der Waals surface area contributed by atoms with E-state index >= 15 is 0 Å². The average molecular weight is 224 g/mol. The van der Waals surface area contributed by atoms with Crippen LogP contribution in [0.5, 0.6) is 0 Å². The van der Waals surface area contributed by atoms with Crippen LogP contribution in [0.2, 0.25) is 0 Å². The summed E-state index contributed by atoms with van der Waals surface area (Å²) < 4.78 is 0. The minimum atomic E-state index is -0.623. The zero-order valence-electron chi connectivity index (χ0n) is 10.6. The Bertz CT molecular complexity index is 235. The number of unbranched alkanes of at least 4 members (excludes halogenated alkanes) is 4. The molecule has 0 rings (SSSR count). The van der Waals surface area contributed by atoms with E-state index in [2.05, 4.69) is 25.7 Å². The number of aliphatic hydroxyl groups excluding tert-OH is 1. The molecule has 0 bridgehead atoms. The first-order chi connectivity index (χ1) is 7.70. The molecule has 16 heavy (non-hydrogen) atoms. The van der Waals surface area contributed by atoms with E-state index in [1.807, 2.05) is 0 Å². The van der Waals surface area contributed by atoms with Gasteiger partial charge in [0.2, 0.25) is 5.78 Å². The van der Waals surface area contributed by atoms with Gasteiger partial charge in [-0.25, -0.2) is 0 Å². The molecular weight excluding hydrogens is 200 g/mol. The third-order valence-electron chi connectivity index (χ3n) is 2.47. The number of rotatable bonds is 8. The van der Waals surface area contributed by atoms with Gasteiger partial charge in [0.15, 0.2) is 0 Å². The summed E-state index contributed by atoms with van der Waals surface area (Å²) >= 11 is 0. The van der Waals surface area contributed by atoms with Crippen molar-refractivity contribution in [2.45, 2.75) is 71.3 Å². The van der Waals surface area contributed by atoms with Crippen LogP contribution in [0.3, 0.4) is 0 Å². The van der Waals surface area contributed by atoms with Crippen LogP contribution >= 0.6 is 0 Å². The minimum Gasteiger partial charge on any atom is -0.380 e. The molecule has 0 aromatic carbocycles. The van der Waals surface area contributed by atoms with Gasteiger partial charge in [-0.05, 0) is 25.2 Å². The van der Waals surface area contributed by atoms with E-state index in [0.29, 0.717) is 12.8 Å². The van der Waals surface area contributed by atoms with Crippen LogP contribution in [0.1, 0.15) is 65.2 Å². The molecule has 1 unspecified atom stereocenters. The van der Waals surface area contributed by atoms with Crippen LogP contribution in [0.25, 0.3) is 0 Å². The van der Waals surface area contributed by atoms with Crippen molar-refractivity contribution in [3.05, 3.63) is 0 Å². The monoisotopic (exact) mass is 224 g/mol. The largest absolute Gasteiger partial charge is 0.380 e. The highest BCUT2D eigenvalue weighted by atomic mass is 16.3. The lowest BCUT2D eigenvalue weighted by atomic mass is 10.1. The van der Waals surface area contributed by atoms with E-state index in [1.54, 1.807) is 0 Å². The lowest BCUT2D eigenvalue weighted by Gasteiger charge is -2.00. The number of carbonyl (C=O) groups is 1. The average Bonchev–Trinajstić information content (AvgIpc) is 2.27. The number of carbonyl (C=O) groups excluding carboxylic acids is 1. The Kier molecular flexibility index (Phi) is 10.2. The summed E-state index contributed by atoms with van der Waals surface area (Å²) in [5.74, 6) is 5.11. The second kappa shape index (κ2) is 10.7. The zero-order valence-corrected chi connectivity index (χ0v) is 10.6. The molecule has 2 nitrogen and oxygen atoms in total. The number of hydrogen-bond acceptors (Lipinski definition) is 2. The number of aliphatic hydroxyl groups is 1. The van der Waals surface area contributed by atoms with Gasteiger partial charge in [0.25, 0.3) is 0 Å². The molecule has 0 spiro atoms. The molecular formula is C14H24O2. The summed E-state index contributed by atoms with van der Waals surface area (Å²) in [6.45, 7) is 4.23. The van der Waals surface area contributed by atoms with Crippen molar-refractivity contribution in [1.29, 1.82) is 0 Å². The molecule has 0 radical (unpaired) electrons. The van der Waals surface area contributed by atoms with Gasteiger partial charge in [-0.1, -0.05) is 45.5 Å². The first kappa shape index (κ1) is 15.2. The van der Waals surface area contributed by atoms with E-state index in [4.69, 9.17) is 0 Å². The molecule has 0 aliphatic heterocycles. The molecule has 2 heteroatoms. The third-order valence-corrected chi connectivity index (χ3v) is 2.47. The van der Waals surface area contributed by atoms with Crippen LogP contribution in [-0.4, -0.2) is 17.0 Å². The predicted octanol–water partition coefficient (Wildman–Crippen LogP) is 3.08. The first-order valence-corrected chi connectivity index (χ1v) is 6.43. The molecule has 0 heterocycles. The molecule has 0 fully saturated rings. The smallest absolute Gasteiger partial charge is 0.205 e. The molecule has 0 amide bonds. The van der Waals surface area contributed by atoms with Gasteiger partial charge in [-0.15, -0.1) is 0 Å². The van der Waals surface area contributed by atoms with Crippen molar-refractivity contribution < 1.29 is 9.90 Å². The number of Topliss-reactive ketones (excluding diaryl/α,β-unsaturated/α-hetero) is 1. The summed E-state index contributed by atoms with van der Waals surface area (Å²) in [6.07, 6.45) is 6.92. The number of hydrogen-bond donors (Lipinski definition) is 1. The fourth-order valence-corrected chi connectivity index (χ4v) is 1.42. The van der Waals surface area contributed by atoms with Gasteiger partial charge in [-0.2, -0.15) is 0 Å². The van der Waals surface area contributed by atoms with Crippen LogP contribution in [-0.2, 0) is 4.79 Å². The topological polar surface area (TPSA) is 37.3 Å². The maximum atomic E-state index is 11.3. The Morgan fingerprint density at radius 3 is 2.38 bits per heavy atom. The van der Waals surface area contributed by atoms with Crippen LogP contribution < -0.4 is 0 Å². The molecule has 1 N–H and O–H groups in total. The third kappa shape index (κ3) is 9.73. The van der Waals surface area contributed by atoms with Crippen LogP contribution in [0, 0.1) is 11.8 Å². The van der Waals surface area contributed by atoms with E-state index in [-0.39, 0.29) is 5.78 Å². The molecule has 0 aromatic rings. The van der Waals surface area contributed by atoms with Crippen LogP contribution in [0.15, 0.2) is 0 Å². The van der Waals surface area contributed by atoms with Gasteiger partial charge in [0, 0.05) is 6.42 Å². The molecule has 92 valence electrons. The zero-order chi connectivity index (χ0) is 12.2. The normalized spacial score (nSPS) is 11.7. The van der Waals surface area contributed by atoms with Gasteiger partial charge in [-0.3, -0.25) is 4.79 Å². The molecule has 0 saturated carbocycles. The Hall–Kier alpha value is -0.810.